The third-order valence-electron chi connectivity index (χ3n) is 2.71. The zero-order valence-electron chi connectivity index (χ0n) is 10.7. The average molecular weight is 300 g/mol. The Morgan fingerprint density at radius 3 is 2.85 bits per heavy atom. The highest BCUT2D eigenvalue weighted by atomic mass is 32.2. The van der Waals surface area contributed by atoms with Crippen molar-refractivity contribution in [3.8, 4) is 5.75 Å². The molecule has 1 amide bonds. The van der Waals surface area contributed by atoms with Crippen molar-refractivity contribution < 1.29 is 17.9 Å². The first-order valence-corrected chi connectivity index (χ1v) is 7.67. The lowest BCUT2D eigenvalue weighted by atomic mass is 10.2. The number of benzene rings is 1. The molecule has 1 aliphatic heterocycles. The standard InChI is InChI=1S/C11H16N4O4S/c12-7-4-10-9(15-11(16)6-19-10)5-8(7)14-2-1-3-20(13,17)18/h4-5,14H,1-3,6,12H2,(H,15,16)(H2,13,17,18). The number of fused-ring (bicyclic) bond motifs is 1. The number of sulfonamides is 1. The summed E-state index contributed by atoms with van der Waals surface area (Å²) < 4.78 is 26.8. The molecule has 2 rings (SSSR count). The smallest absolute Gasteiger partial charge is 0.262 e. The Hall–Kier alpha value is -2.00. The van der Waals surface area contributed by atoms with Crippen molar-refractivity contribution in [1.29, 1.82) is 0 Å². The quantitative estimate of drug-likeness (QED) is 0.435. The van der Waals surface area contributed by atoms with Gasteiger partial charge in [-0.3, -0.25) is 4.79 Å². The van der Waals surface area contributed by atoms with E-state index in [-0.39, 0.29) is 18.3 Å². The van der Waals surface area contributed by atoms with E-state index in [2.05, 4.69) is 10.6 Å². The molecule has 0 saturated carbocycles. The third kappa shape index (κ3) is 3.75. The van der Waals surface area contributed by atoms with E-state index in [9.17, 15) is 13.2 Å². The minimum atomic E-state index is -3.46. The first kappa shape index (κ1) is 14.4. The lowest BCUT2D eigenvalue weighted by Crippen LogP contribution is -2.25. The predicted molar refractivity (Wildman–Crippen MR) is 76.1 cm³/mol. The van der Waals surface area contributed by atoms with E-state index in [4.69, 9.17) is 15.6 Å². The van der Waals surface area contributed by atoms with E-state index >= 15 is 0 Å². The average Bonchev–Trinajstić information content (AvgIpc) is 2.34. The van der Waals surface area contributed by atoms with E-state index in [0.29, 0.717) is 35.8 Å². The van der Waals surface area contributed by atoms with Crippen molar-refractivity contribution in [2.24, 2.45) is 5.14 Å². The van der Waals surface area contributed by atoms with Gasteiger partial charge in [0.15, 0.2) is 6.61 Å². The predicted octanol–water partition coefficient (Wildman–Crippen LogP) is -0.310. The number of amides is 1. The van der Waals surface area contributed by atoms with Crippen LogP contribution < -0.4 is 26.2 Å². The Labute approximate surface area is 116 Å². The van der Waals surface area contributed by atoms with Crippen molar-refractivity contribution in [1.82, 2.24) is 0 Å². The van der Waals surface area contributed by atoms with Crippen LogP contribution in [0, 0.1) is 0 Å². The molecular formula is C11H16N4O4S. The second kappa shape index (κ2) is 5.55. The highest BCUT2D eigenvalue weighted by Crippen LogP contribution is 2.35. The van der Waals surface area contributed by atoms with Gasteiger partial charge in [-0.1, -0.05) is 0 Å². The molecule has 0 fully saturated rings. The fourth-order valence-corrected chi connectivity index (χ4v) is 2.34. The molecule has 1 aliphatic rings. The van der Waals surface area contributed by atoms with Crippen molar-refractivity contribution in [3.05, 3.63) is 12.1 Å². The van der Waals surface area contributed by atoms with E-state index in [0.717, 1.165) is 0 Å². The van der Waals surface area contributed by atoms with Crippen molar-refractivity contribution in [2.45, 2.75) is 6.42 Å². The molecule has 0 aliphatic carbocycles. The number of hydrogen-bond donors (Lipinski definition) is 4. The van der Waals surface area contributed by atoms with Gasteiger partial charge in [0.2, 0.25) is 10.0 Å². The molecule has 1 aromatic rings. The van der Waals surface area contributed by atoms with Gasteiger partial charge < -0.3 is 21.1 Å². The van der Waals surface area contributed by atoms with Gasteiger partial charge in [-0.25, -0.2) is 13.6 Å². The van der Waals surface area contributed by atoms with Crippen molar-refractivity contribution in [2.75, 3.05) is 35.3 Å². The first-order chi connectivity index (χ1) is 9.35. The van der Waals surface area contributed by atoms with Gasteiger partial charge in [-0.15, -0.1) is 0 Å². The zero-order valence-corrected chi connectivity index (χ0v) is 11.5. The number of carbonyl (C=O) groups is 1. The van der Waals surface area contributed by atoms with Crippen LogP contribution in [0.25, 0.3) is 0 Å². The highest BCUT2D eigenvalue weighted by Gasteiger charge is 2.17. The van der Waals surface area contributed by atoms with Crippen molar-refractivity contribution >= 4 is 33.0 Å². The monoisotopic (exact) mass is 300 g/mol. The molecule has 0 radical (unpaired) electrons. The van der Waals surface area contributed by atoms with E-state index in [1.165, 1.54) is 0 Å². The molecule has 1 aromatic carbocycles. The fourth-order valence-electron chi connectivity index (χ4n) is 1.79. The Balaban J connectivity index is 2.01. The summed E-state index contributed by atoms with van der Waals surface area (Å²) in [6.45, 7) is 0.363. The summed E-state index contributed by atoms with van der Waals surface area (Å²) in [6.07, 6.45) is 0.359. The lowest BCUT2D eigenvalue weighted by Gasteiger charge is -2.20. The number of nitrogens with one attached hydrogen (secondary N) is 2. The molecule has 0 bridgehead atoms. The SMILES string of the molecule is Nc1cc2c(cc1NCCCS(N)(=O)=O)NC(=O)CO2. The number of primary sulfonamides is 1. The van der Waals surface area contributed by atoms with E-state index in [1.807, 2.05) is 0 Å². The summed E-state index contributed by atoms with van der Waals surface area (Å²) in [6, 6.07) is 3.26. The maximum Gasteiger partial charge on any atom is 0.262 e. The number of rotatable bonds is 5. The van der Waals surface area contributed by atoms with E-state index in [1.54, 1.807) is 12.1 Å². The molecule has 0 saturated heterocycles. The second-order valence-electron chi connectivity index (χ2n) is 4.42. The molecule has 1 heterocycles. The van der Waals surface area contributed by atoms with Gasteiger partial charge in [0.25, 0.3) is 5.91 Å². The van der Waals surface area contributed by atoms with E-state index < -0.39 is 10.0 Å². The van der Waals surface area contributed by atoms with Gasteiger partial charge >= 0.3 is 0 Å². The summed E-state index contributed by atoms with van der Waals surface area (Å²) in [7, 11) is -3.46. The van der Waals surface area contributed by atoms with Gasteiger partial charge in [0.1, 0.15) is 5.75 Å². The maximum absolute atomic E-state index is 11.2. The van der Waals surface area contributed by atoms with Gasteiger partial charge in [-0.05, 0) is 12.5 Å². The number of carbonyl (C=O) groups excluding carboxylic acids is 1. The molecule has 20 heavy (non-hydrogen) atoms. The van der Waals surface area contributed by atoms with Crippen LogP contribution in [0.5, 0.6) is 5.75 Å². The molecule has 0 unspecified atom stereocenters. The van der Waals surface area contributed by atoms with Crippen LogP contribution in [0.15, 0.2) is 12.1 Å². The molecule has 110 valence electrons. The van der Waals surface area contributed by atoms with Crippen LogP contribution >= 0.6 is 0 Å². The molecule has 0 atom stereocenters. The van der Waals surface area contributed by atoms with Crippen LogP contribution in [0.2, 0.25) is 0 Å². The Kier molecular flexibility index (Phi) is 4.00. The minimum Gasteiger partial charge on any atom is -0.482 e. The molecule has 8 nitrogen and oxygen atoms in total. The Morgan fingerprint density at radius 1 is 1.40 bits per heavy atom. The van der Waals surface area contributed by atoms with Crippen molar-refractivity contribution in [3.63, 3.8) is 0 Å². The van der Waals surface area contributed by atoms with Crippen LogP contribution in [-0.2, 0) is 14.8 Å². The Bertz CT molecular complexity index is 630. The molecule has 6 N–H and O–H groups in total. The van der Waals surface area contributed by atoms with Crippen LogP contribution in [0.3, 0.4) is 0 Å². The van der Waals surface area contributed by atoms with Gasteiger partial charge in [0.05, 0.1) is 22.8 Å². The van der Waals surface area contributed by atoms with Crippen LogP contribution in [-0.4, -0.2) is 33.2 Å². The van der Waals surface area contributed by atoms with Crippen LogP contribution in [0.4, 0.5) is 17.1 Å². The fraction of sp³-hybridized carbons (Fsp3) is 0.364. The first-order valence-electron chi connectivity index (χ1n) is 5.96. The van der Waals surface area contributed by atoms with Crippen LogP contribution in [0.1, 0.15) is 6.42 Å². The topological polar surface area (TPSA) is 137 Å². The summed E-state index contributed by atoms with van der Waals surface area (Å²) in [4.78, 5) is 11.2. The normalized spacial score (nSPS) is 14.2. The maximum atomic E-state index is 11.2. The number of nitrogen functional groups attached to an aromatic ring is 1. The van der Waals surface area contributed by atoms with Gasteiger partial charge in [-0.2, -0.15) is 0 Å². The number of anilines is 3. The largest absolute Gasteiger partial charge is 0.482 e. The number of ether oxygens (including phenoxy) is 1. The molecule has 9 heteroatoms. The Morgan fingerprint density at radius 2 is 2.15 bits per heavy atom. The summed E-state index contributed by atoms with van der Waals surface area (Å²) in [5.41, 5.74) is 7.44. The third-order valence-corrected chi connectivity index (χ3v) is 3.56. The number of nitrogens with two attached hydrogens (primary N) is 2. The molecule has 0 aromatic heterocycles. The summed E-state index contributed by atoms with van der Waals surface area (Å²) in [5.74, 6) is 0.171. The second-order valence-corrected chi connectivity index (χ2v) is 6.15. The molecule has 0 spiro atoms. The summed E-state index contributed by atoms with van der Waals surface area (Å²) >= 11 is 0. The molecular weight excluding hydrogens is 284 g/mol. The zero-order chi connectivity index (χ0) is 14.8. The number of hydrogen-bond acceptors (Lipinski definition) is 6. The summed E-state index contributed by atoms with van der Waals surface area (Å²) in [5, 5.41) is 10.6. The minimum absolute atomic E-state index is 0.0342. The highest BCUT2D eigenvalue weighted by molar-refractivity contribution is 7.89. The van der Waals surface area contributed by atoms with Gasteiger partial charge in [0, 0.05) is 12.6 Å². The lowest BCUT2D eigenvalue weighted by molar-refractivity contribution is -0.118.